The molecule has 1 N–H and O–H groups in total. The number of alkyl halides is 2. The van der Waals surface area contributed by atoms with Gasteiger partial charge in [-0.15, -0.1) is 0 Å². The van der Waals surface area contributed by atoms with E-state index in [1.807, 2.05) is 6.92 Å². The highest BCUT2D eigenvalue weighted by Gasteiger charge is 2.17. The van der Waals surface area contributed by atoms with Crippen LogP contribution in [0.2, 0.25) is 5.02 Å². The largest absolute Gasteiger partial charge is 0.375 e. The minimum absolute atomic E-state index is 0.124. The fraction of sp³-hybridized carbons (Fsp3) is 0.571. The van der Waals surface area contributed by atoms with Crippen LogP contribution in [0.4, 0.5) is 13.2 Å². The zero-order chi connectivity index (χ0) is 15.8. The van der Waals surface area contributed by atoms with Crippen molar-refractivity contribution in [3.8, 4) is 0 Å². The molecule has 0 aliphatic carbocycles. The fourth-order valence-electron chi connectivity index (χ4n) is 1.86. The number of halogens is 5. The monoisotopic (exact) mass is 387 g/mol. The molecule has 1 rings (SSSR count). The highest BCUT2D eigenvalue weighted by Crippen LogP contribution is 2.30. The number of hydrogen-bond acceptors (Lipinski definition) is 2. The van der Waals surface area contributed by atoms with Gasteiger partial charge in [-0.3, -0.25) is 0 Å². The highest BCUT2D eigenvalue weighted by molar-refractivity contribution is 9.10. The summed E-state index contributed by atoms with van der Waals surface area (Å²) in [7, 11) is 0. The van der Waals surface area contributed by atoms with Gasteiger partial charge >= 0.3 is 0 Å². The first-order chi connectivity index (χ1) is 9.95. The van der Waals surface area contributed by atoms with Crippen molar-refractivity contribution in [2.45, 2.75) is 32.2 Å². The third kappa shape index (κ3) is 6.55. The first kappa shape index (κ1) is 18.7. The lowest BCUT2D eigenvalue weighted by Gasteiger charge is -2.20. The molecule has 0 saturated heterocycles. The van der Waals surface area contributed by atoms with E-state index in [1.54, 1.807) is 6.07 Å². The van der Waals surface area contributed by atoms with Gasteiger partial charge in [0.2, 0.25) is 0 Å². The molecule has 0 heterocycles. The Kier molecular flexibility index (Phi) is 8.63. The second-order valence-corrected chi connectivity index (χ2v) is 5.81. The third-order valence-corrected chi connectivity index (χ3v) is 4.05. The summed E-state index contributed by atoms with van der Waals surface area (Å²) >= 11 is 9.16. The van der Waals surface area contributed by atoms with Crippen LogP contribution in [0.15, 0.2) is 16.6 Å². The third-order valence-electron chi connectivity index (χ3n) is 2.85. The summed E-state index contributed by atoms with van der Waals surface area (Å²) in [5.74, 6) is -0.395. The summed E-state index contributed by atoms with van der Waals surface area (Å²) in [6.45, 7) is 2.19. The Morgan fingerprint density at radius 1 is 1.38 bits per heavy atom. The SMILES string of the molecule is CCCNC(CCOCC(F)F)c1cc(Cl)c(Br)cc1F. The van der Waals surface area contributed by atoms with Crippen molar-refractivity contribution in [1.82, 2.24) is 5.32 Å². The summed E-state index contributed by atoms with van der Waals surface area (Å²) in [6.07, 6.45) is -1.23. The summed E-state index contributed by atoms with van der Waals surface area (Å²) < 4.78 is 43.4. The van der Waals surface area contributed by atoms with E-state index in [0.717, 1.165) is 6.42 Å². The molecular weight excluding hydrogens is 371 g/mol. The van der Waals surface area contributed by atoms with E-state index in [9.17, 15) is 13.2 Å². The number of hydrogen-bond donors (Lipinski definition) is 1. The zero-order valence-corrected chi connectivity index (χ0v) is 14.0. The Hall–Kier alpha value is -0.300. The van der Waals surface area contributed by atoms with Crippen molar-refractivity contribution in [3.63, 3.8) is 0 Å². The van der Waals surface area contributed by atoms with Crippen LogP contribution in [-0.2, 0) is 4.74 Å². The van der Waals surface area contributed by atoms with Crippen LogP contribution < -0.4 is 5.32 Å². The minimum atomic E-state index is -2.49. The molecule has 0 saturated carbocycles. The lowest BCUT2D eigenvalue weighted by molar-refractivity contribution is 0.0143. The van der Waals surface area contributed by atoms with E-state index < -0.39 is 18.8 Å². The van der Waals surface area contributed by atoms with Gasteiger partial charge in [-0.1, -0.05) is 18.5 Å². The molecule has 0 spiro atoms. The van der Waals surface area contributed by atoms with Crippen LogP contribution in [-0.4, -0.2) is 26.2 Å². The number of rotatable bonds is 9. The van der Waals surface area contributed by atoms with E-state index in [4.69, 9.17) is 16.3 Å². The van der Waals surface area contributed by atoms with Crippen LogP contribution in [0.25, 0.3) is 0 Å². The second kappa shape index (κ2) is 9.66. The maximum atomic E-state index is 14.1. The van der Waals surface area contributed by atoms with Crippen LogP contribution in [0.1, 0.15) is 31.4 Å². The predicted molar refractivity (Wildman–Crippen MR) is 81.6 cm³/mol. The summed E-state index contributed by atoms with van der Waals surface area (Å²) in [5.41, 5.74) is 0.414. The molecular formula is C14H18BrClF3NO. The van der Waals surface area contributed by atoms with Crippen LogP contribution in [0.5, 0.6) is 0 Å². The van der Waals surface area contributed by atoms with Gasteiger partial charge in [-0.2, -0.15) is 0 Å². The average Bonchev–Trinajstić information content (AvgIpc) is 2.42. The Bertz CT molecular complexity index is 448. The molecule has 21 heavy (non-hydrogen) atoms. The summed E-state index contributed by atoms with van der Waals surface area (Å²) in [6, 6.07) is 2.52. The van der Waals surface area contributed by atoms with Gasteiger partial charge in [0.1, 0.15) is 12.4 Å². The van der Waals surface area contributed by atoms with Crippen molar-refractivity contribution in [3.05, 3.63) is 33.0 Å². The molecule has 120 valence electrons. The molecule has 0 aliphatic rings. The minimum Gasteiger partial charge on any atom is -0.375 e. The number of ether oxygens (including phenoxy) is 1. The quantitative estimate of drug-likeness (QED) is 0.477. The standard InChI is InChI=1S/C14H18BrClF3NO/c1-2-4-20-13(3-5-21-8-14(18)19)9-6-11(16)10(15)7-12(9)17/h6-7,13-14,20H,2-5,8H2,1H3. The number of benzene rings is 1. The van der Waals surface area contributed by atoms with E-state index in [1.165, 1.54) is 6.07 Å². The molecule has 1 aromatic rings. The Labute approximate surface area is 136 Å². The van der Waals surface area contributed by atoms with Crippen LogP contribution in [0.3, 0.4) is 0 Å². The molecule has 0 radical (unpaired) electrons. The topological polar surface area (TPSA) is 21.3 Å². The van der Waals surface area contributed by atoms with Crippen molar-refractivity contribution >= 4 is 27.5 Å². The van der Waals surface area contributed by atoms with Crippen LogP contribution >= 0.6 is 27.5 Å². The second-order valence-electron chi connectivity index (χ2n) is 4.55. The van der Waals surface area contributed by atoms with E-state index in [0.29, 0.717) is 28.0 Å². The van der Waals surface area contributed by atoms with Gasteiger partial charge in [0.05, 0.1) is 5.02 Å². The molecule has 1 unspecified atom stereocenters. The van der Waals surface area contributed by atoms with Gasteiger partial charge in [0.15, 0.2) is 0 Å². The Morgan fingerprint density at radius 2 is 2.10 bits per heavy atom. The molecule has 0 amide bonds. The molecule has 2 nitrogen and oxygen atoms in total. The highest BCUT2D eigenvalue weighted by atomic mass is 79.9. The summed E-state index contributed by atoms with van der Waals surface area (Å²) in [4.78, 5) is 0. The van der Waals surface area contributed by atoms with Crippen molar-refractivity contribution in [1.29, 1.82) is 0 Å². The lowest BCUT2D eigenvalue weighted by Crippen LogP contribution is -2.25. The Balaban J connectivity index is 2.74. The van der Waals surface area contributed by atoms with Crippen molar-refractivity contribution in [2.24, 2.45) is 0 Å². The predicted octanol–water partition coefficient (Wildman–Crippen LogP) is 4.95. The first-order valence-electron chi connectivity index (χ1n) is 6.69. The molecule has 7 heteroatoms. The van der Waals surface area contributed by atoms with Crippen LogP contribution in [0, 0.1) is 5.82 Å². The van der Waals surface area contributed by atoms with Gasteiger partial charge < -0.3 is 10.1 Å². The molecule has 0 bridgehead atoms. The molecule has 1 aromatic carbocycles. The fourth-order valence-corrected chi connectivity index (χ4v) is 2.35. The molecule has 1 atom stereocenters. The van der Waals surface area contributed by atoms with Crippen molar-refractivity contribution in [2.75, 3.05) is 19.8 Å². The average molecular weight is 389 g/mol. The molecule has 0 fully saturated rings. The number of nitrogens with one attached hydrogen (secondary N) is 1. The zero-order valence-electron chi connectivity index (χ0n) is 11.6. The van der Waals surface area contributed by atoms with Gasteiger partial charge in [0.25, 0.3) is 6.43 Å². The maximum absolute atomic E-state index is 14.1. The van der Waals surface area contributed by atoms with E-state index >= 15 is 0 Å². The van der Waals surface area contributed by atoms with Gasteiger partial charge in [-0.05, 0) is 47.4 Å². The molecule has 0 aromatic heterocycles. The van der Waals surface area contributed by atoms with Gasteiger partial charge in [0, 0.05) is 22.7 Å². The van der Waals surface area contributed by atoms with E-state index in [-0.39, 0.29) is 12.6 Å². The molecule has 0 aliphatic heterocycles. The Morgan fingerprint density at radius 3 is 2.71 bits per heavy atom. The smallest absolute Gasteiger partial charge is 0.261 e. The summed E-state index contributed by atoms with van der Waals surface area (Å²) in [5, 5.41) is 3.59. The van der Waals surface area contributed by atoms with Gasteiger partial charge in [-0.25, -0.2) is 13.2 Å². The normalized spacial score (nSPS) is 12.9. The van der Waals surface area contributed by atoms with Crippen molar-refractivity contribution < 1.29 is 17.9 Å². The first-order valence-corrected chi connectivity index (χ1v) is 7.86. The lowest BCUT2D eigenvalue weighted by atomic mass is 10.0. The maximum Gasteiger partial charge on any atom is 0.261 e. The van der Waals surface area contributed by atoms with E-state index in [2.05, 4.69) is 21.2 Å².